The first-order valence-corrected chi connectivity index (χ1v) is 29.4. The molecule has 2 atom stereocenters. The second kappa shape index (κ2) is 55.2. The average Bonchev–Trinajstić information content (AvgIpc) is 3.31. The third-order valence-corrected chi connectivity index (χ3v) is 13.8. The highest BCUT2D eigenvalue weighted by molar-refractivity contribution is 5.76. The second-order valence-electron chi connectivity index (χ2n) is 20.3. The predicted molar refractivity (Wildman–Crippen MR) is 283 cm³/mol. The summed E-state index contributed by atoms with van der Waals surface area (Å²) in [5.41, 5.74) is 0. The highest BCUT2D eigenvalue weighted by Gasteiger charge is 2.20. The topological polar surface area (TPSA) is 95.9 Å². The Hall–Kier alpha value is -1.40. The number of aliphatic hydroxyl groups excluding tert-OH is 2. The van der Waals surface area contributed by atoms with E-state index in [1.54, 1.807) is 0 Å². The molecule has 0 aromatic heterocycles. The first-order chi connectivity index (χ1) is 32.0. The minimum Gasteiger partial charge on any atom is -0.466 e. The summed E-state index contributed by atoms with van der Waals surface area (Å²) in [6.07, 6.45) is 64.9. The number of unbranched alkanes of at least 4 members (excludes halogenated alkanes) is 42. The molecule has 0 rings (SSSR count). The standard InChI is InChI=1S/C59H115NO5/c1-3-5-7-9-11-13-15-17-27-31-35-39-43-47-51-57(62)56(55-61)60-58(63)52-48-44-40-36-32-28-25-23-21-19-20-22-24-26-30-34-38-42-46-50-54-65-59(64)53-49-45-41-37-33-29-18-16-14-12-10-8-6-4-2/h19,21,56-57,61-62H,3-18,20,22-55H2,1-2H3,(H,60,63)/b21-19-. The molecule has 65 heavy (non-hydrogen) atoms. The fourth-order valence-electron chi connectivity index (χ4n) is 9.28. The monoisotopic (exact) mass is 918 g/mol. The van der Waals surface area contributed by atoms with Crippen molar-refractivity contribution < 1.29 is 24.5 Å². The summed E-state index contributed by atoms with van der Waals surface area (Å²) < 4.78 is 5.48. The largest absolute Gasteiger partial charge is 0.466 e. The molecule has 0 heterocycles. The molecular weight excluding hydrogens is 803 g/mol. The van der Waals surface area contributed by atoms with E-state index in [2.05, 4.69) is 31.3 Å². The Morgan fingerprint density at radius 1 is 0.415 bits per heavy atom. The average molecular weight is 919 g/mol. The van der Waals surface area contributed by atoms with E-state index in [1.165, 1.54) is 257 Å². The number of ether oxygens (including phenoxy) is 1. The maximum Gasteiger partial charge on any atom is 0.305 e. The van der Waals surface area contributed by atoms with Gasteiger partial charge in [0.25, 0.3) is 0 Å². The number of hydrogen-bond acceptors (Lipinski definition) is 5. The highest BCUT2D eigenvalue weighted by atomic mass is 16.5. The Balaban J connectivity index is 3.41. The molecule has 1 amide bonds. The van der Waals surface area contributed by atoms with Crippen molar-refractivity contribution in [3.8, 4) is 0 Å². The maximum atomic E-state index is 12.5. The van der Waals surface area contributed by atoms with Gasteiger partial charge in [-0.3, -0.25) is 9.59 Å². The molecule has 2 unspecified atom stereocenters. The van der Waals surface area contributed by atoms with Crippen LogP contribution in [0.15, 0.2) is 12.2 Å². The predicted octanol–water partition coefficient (Wildman–Crippen LogP) is 18.1. The summed E-state index contributed by atoms with van der Waals surface area (Å²) in [5.74, 6) is -0.0329. The SMILES string of the molecule is CCCCCCCCCCCCCCCCC(=O)OCCCCCCCCCCC/C=C\CCCCCCCCCC(=O)NC(CO)C(O)CCCCCCCCCCCCCCCC. The van der Waals surface area contributed by atoms with Crippen LogP contribution in [0.1, 0.15) is 328 Å². The first kappa shape index (κ1) is 63.6. The zero-order chi connectivity index (χ0) is 47.2. The Morgan fingerprint density at radius 2 is 0.723 bits per heavy atom. The molecule has 0 saturated heterocycles. The van der Waals surface area contributed by atoms with Crippen molar-refractivity contribution in [1.29, 1.82) is 0 Å². The number of carbonyl (C=O) groups excluding carboxylic acids is 2. The zero-order valence-electron chi connectivity index (χ0n) is 44.0. The van der Waals surface area contributed by atoms with Gasteiger partial charge in [0.1, 0.15) is 0 Å². The number of allylic oxidation sites excluding steroid dienone is 2. The smallest absolute Gasteiger partial charge is 0.305 e. The molecule has 6 heteroatoms. The van der Waals surface area contributed by atoms with Gasteiger partial charge in [0.15, 0.2) is 0 Å². The van der Waals surface area contributed by atoms with Crippen molar-refractivity contribution in [2.45, 2.75) is 341 Å². The van der Waals surface area contributed by atoms with E-state index in [9.17, 15) is 19.8 Å². The van der Waals surface area contributed by atoms with Gasteiger partial charge in [0, 0.05) is 12.8 Å². The molecule has 3 N–H and O–H groups in total. The van der Waals surface area contributed by atoms with E-state index in [0.717, 1.165) is 38.5 Å². The highest BCUT2D eigenvalue weighted by Crippen LogP contribution is 2.17. The molecule has 0 aliphatic rings. The Bertz CT molecular complexity index is 970. The van der Waals surface area contributed by atoms with Crippen molar-refractivity contribution >= 4 is 11.9 Å². The number of aliphatic hydroxyl groups is 2. The third-order valence-electron chi connectivity index (χ3n) is 13.8. The van der Waals surface area contributed by atoms with Gasteiger partial charge in [-0.1, -0.05) is 276 Å². The van der Waals surface area contributed by atoms with Crippen LogP contribution in [0.5, 0.6) is 0 Å². The van der Waals surface area contributed by atoms with Gasteiger partial charge in [0.05, 0.1) is 25.4 Å². The second-order valence-corrected chi connectivity index (χ2v) is 20.3. The third kappa shape index (κ3) is 51.8. The summed E-state index contributed by atoms with van der Waals surface area (Å²) in [6, 6.07) is -0.546. The molecule has 0 aliphatic heterocycles. The summed E-state index contributed by atoms with van der Waals surface area (Å²) >= 11 is 0. The normalized spacial score (nSPS) is 12.6. The lowest BCUT2D eigenvalue weighted by Crippen LogP contribution is -2.45. The van der Waals surface area contributed by atoms with Gasteiger partial charge < -0.3 is 20.3 Å². The van der Waals surface area contributed by atoms with Crippen molar-refractivity contribution in [2.75, 3.05) is 13.2 Å². The lowest BCUT2D eigenvalue weighted by atomic mass is 10.0. The van der Waals surface area contributed by atoms with E-state index in [0.29, 0.717) is 25.9 Å². The van der Waals surface area contributed by atoms with Gasteiger partial charge >= 0.3 is 5.97 Å². The van der Waals surface area contributed by atoms with Crippen LogP contribution in [-0.4, -0.2) is 47.4 Å². The lowest BCUT2D eigenvalue weighted by molar-refractivity contribution is -0.143. The zero-order valence-corrected chi connectivity index (χ0v) is 44.0. The van der Waals surface area contributed by atoms with Crippen LogP contribution in [0.2, 0.25) is 0 Å². The molecule has 0 spiro atoms. The van der Waals surface area contributed by atoms with Gasteiger partial charge in [-0.2, -0.15) is 0 Å². The van der Waals surface area contributed by atoms with E-state index in [-0.39, 0.29) is 18.5 Å². The molecule has 0 radical (unpaired) electrons. The van der Waals surface area contributed by atoms with Crippen LogP contribution < -0.4 is 5.32 Å². The molecule has 0 aliphatic carbocycles. The van der Waals surface area contributed by atoms with Crippen LogP contribution in [0.4, 0.5) is 0 Å². The van der Waals surface area contributed by atoms with E-state index in [4.69, 9.17) is 4.74 Å². The minimum absolute atomic E-state index is 0.00900. The van der Waals surface area contributed by atoms with Crippen LogP contribution in [0.3, 0.4) is 0 Å². The number of esters is 1. The molecule has 0 aromatic carbocycles. The number of rotatable bonds is 55. The van der Waals surface area contributed by atoms with E-state index < -0.39 is 12.1 Å². The first-order valence-electron chi connectivity index (χ1n) is 29.4. The van der Waals surface area contributed by atoms with Crippen molar-refractivity contribution in [2.24, 2.45) is 0 Å². The molecule has 6 nitrogen and oxygen atoms in total. The molecule has 0 fully saturated rings. The van der Waals surface area contributed by atoms with Crippen LogP contribution >= 0.6 is 0 Å². The lowest BCUT2D eigenvalue weighted by Gasteiger charge is -2.22. The molecule has 0 bridgehead atoms. The van der Waals surface area contributed by atoms with Gasteiger partial charge in [0.2, 0.25) is 5.91 Å². The van der Waals surface area contributed by atoms with Crippen LogP contribution in [0, 0.1) is 0 Å². The molecule has 386 valence electrons. The van der Waals surface area contributed by atoms with Crippen molar-refractivity contribution in [3.63, 3.8) is 0 Å². The van der Waals surface area contributed by atoms with Gasteiger partial charge in [-0.25, -0.2) is 0 Å². The fraction of sp³-hybridized carbons (Fsp3) is 0.932. The molecular formula is C59H115NO5. The summed E-state index contributed by atoms with van der Waals surface area (Å²) in [5, 5.41) is 23.2. The van der Waals surface area contributed by atoms with Crippen LogP contribution in [-0.2, 0) is 14.3 Å². The van der Waals surface area contributed by atoms with Crippen molar-refractivity contribution in [3.05, 3.63) is 12.2 Å². The summed E-state index contributed by atoms with van der Waals surface area (Å²) in [6.45, 7) is 4.96. The molecule has 0 saturated carbocycles. The number of nitrogens with one attached hydrogen (secondary N) is 1. The number of carbonyl (C=O) groups is 2. The van der Waals surface area contributed by atoms with Gasteiger partial charge in [-0.15, -0.1) is 0 Å². The summed E-state index contributed by atoms with van der Waals surface area (Å²) in [4.78, 5) is 24.5. The number of hydrogen-bond donors (Lipinski definition) is 3. The Morgan fingerprint density at radius 3 is 1.09 bits per heavy atom. The fourth-order valence-corrected chi connectivity index (χ4v) is 9.28. The summed E-state index contributed by atoms with van der Waals surface area (Å²) in [7, 11) is 0. The van der Waals surface area contributed by atoms with E-state index >= 15 is 0 Å². The molecule has 0 aromatic rings. The quantitative estimate of drug-likeness (QED) is 0.0321. The van der Waals surface area contributed by atoms with Crippen molar-refractivity contribution in [1.82, 2.24) is 5.32 Å². The Kier molecular flexibility index (Phi) is 54.0. The van der Waals surface area contributed by atoms with Crippen LogP contribution in [0.25, 0.3) is 0 Å². The van der Waals surface area contributed by atoms with Gasteiger partial charge in [-0.05, 0) is 51.4 Å². The minimum atomic E-state index is -0.668. The Labute approximate surface area is 406 Å². The number of amides is 1. The maximum absolute atomic E-state index is 12.5. The van der Waals surface area contributed by atoms with E-state index in [1.807, 2.05) is 0 Å².